The van der Waals surface area contributed by atoms with Gasteiger partial charge in [-0.2, -0.15) is 0 Å². The van der Waals surface area contributed by atoms with Crippen LogP contribution in [0.4, 0.5) is 0 Å². The molecule has 2 aliphatic heterocycles. The van der Waals surface area contributed by atoms with Crippen molar-refractivity contribution in [3.05, 3.63) is 58.9 Å². The largest absolute Gasteiger partial charge is 0.464 e. The van der Waals surface area contributed by atoms with Crippen LogP contribution in [0.2, 0.25) is 0 Å². The van der Waals surface area contributed by atoms with Gasteiger partial charge in [0.25, 0.3) is 11.8 Å². The number of methoxy groups -OCH3 is 1. The zero-order valence-electron chi connectivity index (χ0n) is 15.1. The van der Waals surface area contributed by atoms with Gasteiger partial charge in [-0.1, -0.05) is 0 Å². The van der Waals surface area contributed by atoms with Crippen LogP contribution in [0.5, 0.6) is 0 Å². The Kier molecular flexibility index (Phi) is 4.43. The second kappa shape index (κ2) is 6.90. The summed E-state index contributed by atoms with van der Waals surface area (Å²) < 4.78 is 6.78. The lowest BCUT2D eigenvalue weighted by Gasteiger charge is -2.33. The van der Waals surface area contributed by atoms with E-state index in [0.717, 1.165) is 18.4 Å². The molecule has 0 aliphatic carbocycles. The minimum absolute atomic E-state index is 0.0173. The maximum absolute atomic E-state index is 12.8. The number of fused-ring (bicyclic) bond motifs is 1. The van der Waals surface area contributed by atoms with E-state index in [0.29, 0.717) is 36.5 Å². The molecule has 140 valence electrons. The second-order valence-corrected chi connectivity index (χ2v) is 6.87. The van der Waals surface area contributed by atoms with Gasteiger partial charge in [-0.15, -0.1) is 0 Å². The SMILES string of the molecule is COC(=O)c1cccn1C1CCN(C(=O)c2ccc3c(c2)CNC3=O)CC1. The summed E-state index contributed by atoms with van der Waals surface area (Å²) in [6.45, 7) is 1.72. The number of amides is 2. The molecule has 0 bridgehead atoms. The highest BCUT2D eigenvalue weighted by Crippen LogP contribution is 2.26. The van der Waals surface area contributed by atoms with Gasteiger partial charge in [0.05, 0.1) is 7.11 Å². The van der Waals surface area contributed by atoms with Crippen molar-refractivity contribution in [2.75, 3.05) is 20.2 Å². The third-order valence-corrected chi connectivity index (χ3v) is 5.35. The number of nitrogens with zero attached hydrogens (tertiary/aromatic N) is 2. The summed E-state index contributed by atoms with van der Waals surface area (Å²) in [6, 6.07) is 9.01. The average Bonchev–Trinajstić information content (AvgIpc) is 3.34. The second-order valence-electron chi connectivity index (χ2n) is 6.87. The quantitative estimate of drug-likeness (QED) is 0.842. The fraction of sp³-hybridized carbons (Fsp3) is 0.350. The molecule has 0 unspecified atom stereocenters. The zero-order valence-corrected chi connectivity index (χ0v) is 15.1. The molecule has 27 heavy (non-hydrogen) atoms. The first-order valence-corrected chi connectivity index (χ1v) is 9.04. The molecule has 0 spiro atoms. The summed E-state index contributed by atoms with van der Waals surface area (Å²) in [4.78, 5) is 38.2. The van der Waals surface area contributed by atoms with E-state index in [-0.39, 0.29) is 23.8 Å². The number of carbonyl (C=O) groups excluding carboxylic acids is 3. The molecule has 7 heteroatoms. The molecule has 2 aliphatic rings. The van der Waals surface area contributed by atoms with Gasteiger partial charge in [0.1, 0.15) is 5.69 Å². The van der Waals surface area contributed by atoms with Crippen LogP contribution < -0.4 is 5.32 Å². The number of nitrogens with one attached hydrogen (secondary N) is 1. The number of hydrogen-bond acceptors (Lipinski definition) is 4. The van der Waals surface area contributed by atoms with E-state index in [1.807, 2.05) is 27.8 Å². The average molecular weight is 367 g/mol. The van der Waals surface area contributed by atoms with E-state index in [1.54, 1.807) is 18.2 Å². The molecule has 7 nitrogen and oxygen atoms in total. The highest BCUT2D eigenvalue weighted by molar-refractivity contribution is 6.01. The Morgan fingerprint density at radius 2 is 1.96 bits per heavy atom. The zero-order chi connectivity index (χ0) is 19.0. The Bertz CT molecular complexity index is 910. The fourth-order valence-corrected chi connectivity index (χ4v) is 3.88. The van der Waals surface area contributed by atoms with E-state index in [9.17, 15) is 14.4 Å². The minimum atomic E-state index is -0.347. The predicted octanol–water partition coefficient (Wildman–Crippen LogP) is 2.00. The molecule has 0 saturated carbocycles. The number of rotatable bonds is 3. The highest BCUT2D eigenvalue weighted by Gasteiger charge is 2.28. The van der Waals surface area contributed by atoms with Crippen LogP contribution in [-0.4, -0.2) is 47.4 Å². The molecule has 0 radical (unpaired) electrons. The van der Waals surface area contributed by atoms with Crippen molar-refractivity contribution in [1.29, 1.82) is 0 Å². The van der Waals surface area contributed by atoms with Crippen molar-refractivity contribution in [2.45, 2.75) is 25.4 Å². The highest BCUT2D eigenvalue weighted by atomic mass is 16.5. The molecule has 2 aromatic rings. The number of ether oxygens (including phenoxy) is 1. The normalized spacial score (nSPS) is 16.8. The van der Waals surface area contributed by atoms with Crippen molar-refractivity contribution >= 4 is 17.8 Å². The number of hydrogen-bond donors (Lipinski definition) is 1. The Morgan fingerprint density at radius 3 is 2.70 bits per heavy atom. The van der Waals surface area contributed by atoms with E-state index < -0.39 is 0 Å². The summed E-state index contributed by atoms with van der Waals surface area (Å²) in [7, 11) is 1.38. The summed E-state index contributed by atoms with van der Waals surface area (Å²) in [5.41, 5.74) is 2.67. The molecule has 1 aromatic heterocycles. The molecule has 1 aromatic carbocycles. The van der Waals surface area contributed by atoms with Crippen LogP contribution in [0.3, 0.4) is 0 Å². The van der Waals surface area contributed by atoms with Crippen LogP contribution in [0.15, 0.2) is 36.5 Å². The van der Waals surface area contributed by atoms with E-state index in [4.69, 9.17) is 4.74 Å². The monoisotopic (exact) mass is 367 g/mol. The van der Waals surface area contributed by atoms with Gasteiger partial charge in [-0.3, -0.25) is 9.59 Å². The fourth-order valence-electron chi connectivity index (χ4n) is 3.88. The first-order valence-electron chi connectivity index (χ1n) is 9.04. The molecule has 2 amide bonds. The number of esters is 1. The summed E-state index contributed by atoms with van der Waals surface area (Å²) >= 11 is 0. The van der Waals surface area contributed by atoms with Crippen molar-refractivity contribution in [3.63, 3.8) is 0 Å². The maximum Gasteiger partial charge on any atom is 0.354 e. The van der Waals surface area contributed by atoms with Crippen molar-refractivity contribution in [2.24, 2.45) is 0 Å². The van der Waals surface area contributed by atoms with Gasteiger partial charge < -0.3 is 19.5 Å². The topological polar surface area (TPSA) is 80.6 Å². The predicted molar refractivity (Wildman–Crippen MR) is 97.6 cm³/mol. The van der Waals surface area contributed by atoms with Gasteiger partial charge in [0, 0.05) is 43.0 Å². The van der Waals surface area contributed by atoms with Gasteiger partial charge in [0.15, 0.2) is 0 Å². The van der Waals surface area contributed by atoms with Gasteiger partial charge >= 0.3 is 5.97 Å². The van der Waals surface area contributed by atoms with Crippen molar-refractivity contribution in [3.8, 4) is 0 Å². The van der Waals surface area contributed by atoms with E-state index in [2.05, 4.69) is 5.32 Å². The smallest absolute Gasteiger partial charge is 0.354 e. The number of piperidine rings is 1. The van der Waals surface area contributed by atoms with Gasteiger partial charge in [-0.25, -0.2) is 4.79 Å². The minimum Gasteiger partial charge on any atom is -0.464 e. The number of carbonyl (C=O) groups is 3. The van der Waals surface area contributed by atoms with Crippen LogP contribution in [0.25, 0.3) is 0 Å². The molecule has 3 heterocycles. The number of benzene rings is 1. The summed E-state index contributed by atoms with van der Waals surface area (Å²) in [5.74, 6) is -0.450. The van der Waals surface area contributed by atoms with Gasteiger partial charge in [0.2, 0.25) is 0 Å². The standard InChI is InChI=1S/C20H21N3O4/c1-27-20(26)17-3-2-8-23(17)15-6-9-22(10-7-15)19(25)13-4-5-16-14(11-13)12-21-18(16)24/h2-5,8,11,15H,6-7,9-10,12H2,1H3,(H,21,24). The third-order valence-electron chi connectivity index (χ3n) is 5.35. The molecule has 1 N–H and O–H groups in total. The number of aromatic nitrogens is 1. The molecular formula is C20H21N3O4. The van der Waals surface area contributed by atoms with Crippen molar-refractivity contribution < 1.29 is 19.1 Å². The number of likely N-dealkylation sites (tertiary alicyclic amines) is 1. The molecule has 4 rings (SSSR count). The third kappa shape index (κ3) is 3.09. The van der Waals surface area contributed by atoms with E-state index >= 15 is 0 Å². The lowest BCUT2D eigenvalue weighted by atomic mass is 10.0. The summed E-state index contributed by atoms with van der Waals surface area (Å²) in [6.07, 6.45) is 3.43. The molecule has 1 saturated heterocycles. The van der Waals surface area contributed by atoms with Crippen LogP contribution in [0.1, 0.15) is 55.7 Å². The van der Waals surface area contributed by atoms with Crippen LogP contribution in [0, 0.1) is 0 Å². The maximum atomic E-state index is 12.8. The Hall–Kier alpha value is -3.09. The Morgan fingerprint density at radius 1 is 1.19 bits per heavy atom. The lowest BCUT2D eigenvalue weighted by molar-refractivity contribution is 0.0573. The molecule has 0 atom stereocenters. The first kappa shape index (κ1) is 17.3. The Labute approximate surface area is 156 Å². The Balaban J connectivity index is 1.44. The van der Waals surface area contributed by atoms with Crippen LogP contribution in [-0.2, 0) is 11.3 Å². The van der Waals surface area contributed by atoms with Crippen LogP contribution >= 0.6 is 0 Å². The van der Waals surface area contributed by atoms with E-state index in [1.165, 1.54) is 7.11 Å². The van der Waals surface area contributed by atoms with Gasteiger partial charge in [-0.05, 0) is 48.7 Å². The summed E-state index contributed by atoms with van der Waals surface area (Å²) in [5, 5.41) is 2.77. The lowest BCUT2D eigenvalue weighted by Crippen LogP contribution is -2.39. The van der Waals surface area contributed by atoms with Crippen molar-refractivity contribution in [1.82, 2.24) is 14.8 Å². The first-order chi connectivity index (χ1) is 13.1. The molecular weight excluding hydrogens is 346 g/mol. The molecule has 1 fully saturated rings.